The predicted molar refractivity (Wildman–Crippen MR) is 203 cm³/mol. The summed E-state index contributed by atoms with van der Waals surface area (Å²) in [5.74, 6) is -2.04. The Balaban J connectivity index is 0.000000295. The number of aromatic nitrogens is 3. The maximum absolute atomic E-state index is 12.3. The summed E-state index contributed by atoms with van der Waals surface area (Å²) in [5.41, 5.74) is -3.44. The number of hydrogen-bond donors (Lipinski definition) is 2. The van der Waals surface area contributed by atoms with Crippen molar-refractivity contribution in [1.82, 2.24) is 23.5 Å². The first-order chi connectivity index (χ1) is 26.4. The first kappa shape index (κ1) is 47.5. The van der Waals surface area contributed by atoms with Crippen LogP contribution in [0.5, 0.6) is 0 Å². The first-order valence-corrected chi connectivity index (χ1v) is 18.8. The summed E-state index contributed by atoms with van der Waals surface area (Å²) in [6, 6.07) is -0.553. The van der Waals surface area contributed by atoms with Crippen molar-refractivity contribution >= 4 is 29.8 Å². The van der Waals surface area contributed by atoms with Gasteiger partial charge in [0.25, 0.3) is 0 Å². The lowest BCUT2D eigenvalue weighted by Crippen LogP contribution is -2.62. The van der Waals surface area contributed by atoms with E-state index in [1.54, 1.807) is 41.7 Å². The van der Waals surface area contributed by atoms with Gasteiger partial charge in [-0.05, 0) is 50.9 Å². The van der Waals surface area contributed by atoms with Crippen molar-refractivity contribution in [3.8, 4) is 0 Å². The van der Waals surface area contributed by atoms with Gasteiger partial charge in [0.1, 0.15) is 11.5 Å². The van der Waals surface area contributed by atoms with Gasteiger partial charge in [-0.3, -0.25) is 29.0 Å². The van der Waals surface area contributed by atoms with E-state index in [1.165, 1.54) is 27.3 Å². The van der Waals surface area contributed by atoms with Crippen LogP contribution in [0.3, 0.4) is 0 Å². The summed E-state index contributed by atoms with van der Waals surface area (Å²) in [6.45, 7) is 12.2. The van der Waals surface area contributed by atoms with E-state index in [9.17, 15) is 48.6 Å². The van der Waals surface area contributed by atoms with Crippen molar-refractivity contribution in [2.45, 2.75) is 105 Å². The fourth-order valence-electron chi connectivity index (χ4n) is 7.09. The third kappa shape index (κ3) is 10.2. The molecule has 1 aliphatic heterocycles. The molecule has 1 saturated heterocycles. The van der Waals surface area contributed by atoms with E-state index < -0.39 is 52.6 Å². The molecule has 314 valence electrons. The average molecular weight is 794 g/mol. The molecule has 4 amide bonds. The van der Waals surface area contributed by atoms with Crippen molar-refractivity contribution in [3.63, 3.8) is 0 Å². The van der Waals surface area contributed by atoms with Crippen molar-refractivity contribution < 1.29 is 48.4 Å². The van der Waals surface area contributed by atoms with Crippen LogP contribution < -0.4 is 17.1 Å². The number of rotatable bonds is 15. The smallest absolute Gasteiger partial charge is 0.336 e. The monoisotopic (exact) mass is 793 g/mol. The maximum Gasteiger partial charge on any atom is 0.336 e. The van der Waals surface area contributed by atoms with E-state index in [1.807, 2.05) is 12.2 Å². The Morgan fingerprint density at radius 3 is 1.61 bits per heavy atom. The van der Waals surface area contributed by atoms with Crippen molar-refractivity contribution in [1.29, 1.82) is 0 Å². The first-order valence-electron chi connectivity index (χ1n) is 18.8. The van der Waals surface area contributed by atoms with Crippen molar-refractivity contribution in [2.24, 2.45) is 29.1 Å². The second-order valence-corrected chi connectivity index (χ2v) is 14.1. The molecular weight excluding hydrogens is 734 g/mol. The lowest BCUT2D eigenvalue weighted by molar-refractivity contribution is -0.164. The molecule has 0 aromatic carbocycles. The molecule has 1 aromatic rings. The highest BCUT2D eigenvalue weighted by molar-refractivity contribution is 6.18. The minimum Gasteiger partial charge on any atom is -0.469 e. The molecule has 7 atom stereocenters. The normalized spacial score (nSPS) is 22.4. The highest BCUT2D eigenvalue weighted by Crippen LogP contribution is 2.49. The summed E-state index contributed by atoms with van der Waals surface area (Å²) >= 11 is 0. The number of allylic oxidation sites excluding steroid dienone is 3. The minimum atomic E-state index is -1.04. The number of amides is 4. The largest absolute Gasteiger partial charge is 0.469 e. The Bertz CT molecular complexity index is 1720. The number of esters is 2. The molecule has 7 unspecified atom stereocenters. The van der Waals surface area contributed by atoms with Crippen molar-refractivity contribution in [3.05, 3.63) is 56.3 Å². The number of carbonyl (C=O) groups excluding carboxylic acids is 5. The molecule has 2 fully saturated rings. The summed E-state index contributed by atoms with van der Waals surface area (Å²) in [7, 11) is 5.73. The van der Waals surface area contributed by atoms with Gasteiger partial charge in [-0.2, -0.15) is 0 Å². The lowest BCUT2D eigenvalue weighted by Gasteiger charge is -2.40. The number of carbonyl (C=O) groups is 5. The molecule has 2 aliphatic carbocycles. The fraction of sp³-hybridized carbons (Fsp3) is 0.684. The highest BCUT2D eigenvalue weighted by Gasteiger charge is 2.54. The van der Waals surface area contributed by atoms with Gasteiger partial charge in [0.05, 0.1) is 57.4 Å². The number of urea groups is 1. The summed E-state index contributed by atoms with van der Waals surface area (Å²) in [5, 5.41) is 19.4. The van der Waals surface area contributed by atoms with Crippen LogP contribution in [0.2, 0.25) is 0 Å². The molecule has 4 rings (SSSR count). The molecule has 18 nitrogen and oxygen atoms in total. The standard InChI is InChI=1S/C14H23N3O5.C14H20O5.C10H16N2O3/c1-4-7-15-12(20)16(8-10(18)5-2)14(22)17(13(15)21)9-11(19)6-3;1-8(7-17-2)19-14(16)12-10-5-4-9(6-10)11(12)13(15)18-3;1-5-10(6-2)7(13)11(3)9(15)12(4)8(10)14/h4,10-11,18-19H,1,5-9H2,2-3H3;4-5,8-12H,6-7H2,1-3H3;5-6H2,1-4H3. The number of imide groups is 2. The quantitative estimate of drug-likeness (QED) is 0.143. The van der Waals surface area contributed by atoms with Crippen LogP contribution in [-0.2, 0) is 53.0 Å². The number of hydrogen-bond acceptors (Lipinski definition) is 13. The second kappa shape index (κ2) is 21.0. The molecule has 0 radical (unpaired) electrons. The van der Waals surface area contributed by atoms with Gasteiger partial charge in [-0.1, -0.05) is 45.9 Å². The van der Waals surface area contributed by atoms with Gasteiger partial charge in [-0.25, -0.2) is 32.9 Å². The molecule has 56 heavy (non-hydrogen) atoms. The molecule has 3 aliphatic rings. The zero-order valence-corrected chi connectivity index (χ0v) is 34.0. The zero-order valence-electron chi connectivity index (χ0n) is 34.0. The molecule has 1 saturated carbocycles. The van der Waals surface area contributed by atoms with E-state index in [0.29, 0.717) is 32.3 Å². The van der Waals surface area contributed by atoms with E-state index in [4.69, 9.17) is 14.2 Å². The van der Waals surface area contributed by atoms with Crippen LogP contribution in [0.15, 0.2) is 39.2 Å². The molecule has 0 spiro atoms. The fourth-order valence-corrected chi connectivity index (χ4v) is 7.09. The number of methoxy groups -OCH3 is 2. The van der Waals surface area contributed by atoms with Gasteiger partial charge in [0.2, 0.25) is 11.8 Å². The van der Waals surface area contributed by atoms with E-state index in [2.05, 4.69) is 6.58 Å². The lowest BCUT2D eigenvalue weighted by atomic mass is 9.78. The average Bonchev–Trinajstić information content (AvgIpc) is 3.82. The van der Waals surface area contributed by atoms with Gasteiger partial charge in [0.15, 0.2) is 0 Å². The van der Waals surface area contributed by atoms with Crippen LogP contribution in [0.25, 0.3) is 0 Å². The summed E-state index contributed by atoms with van der Waals surface area (Å²) in [4.78, 5) is 98.3. The molecule has 2 heterocycles. The van der Waals surface area contributed by atoms with Crippen LogP contribution in [0.1, 0.15) is 66.7 Å². The van der Waals surface area contributed by atoms with Gasteiger partial charge in [-0.15, -0.1) is 6.58 Å². The highest BCUT2D eigenvalue weighted by atomic mass is 16.6. The third-order valence-electron chi connectivity index (χ3n) is 10.6. The van der Waals surface area contributed by atoms with Gasteiger partial charge in [0, 0.05) is 21.2 Å². The maximum atomic E-state index is 12.3. The van der Waals surface area contributed by atoms with E-state index in [-0.39, 0.29) is 61.3 Å². The Morgan fingerprint density at radius 2 is 1.23 bits per heavy atom. The van der Waals surface area contributed by atoms with Crippen LogP contribution in [0, 0.1) is 29.1 Å². The van der Waals surface area contributed by atoms with Gasteiger partial charge < -0.3 is 24.4 Å². The zero-order chi connectivity index (χ0) is 42.7. The number of ether oxygens (including phenoxy) is 3. The molecule has 1 aromatic heterocycles. The molecule has 2 bridgehead atoms. The molecule has 2 N–H and O–H groups in total. The molecular formula is C38H59N5O13. The second-order valence-electron chi connectivity index (χ2n) is 14.1. The van der Waals surface area contributed by atoms with Crippen LogP contribution >= 0.6 is 0 Å². The summed E-state index contributed by atoms with van der Waals surface area (Å²) < 4.78 is 17.6. The van der Waals surface area contributed by atoms with E-state index >= 15 is 0 Å². The van der Waals surface area contributed by atoms with Crippen LogP contribution in [0.4, 0.5) is 4.79 Å². The molecule has 18 heteroatoms. The van der Waals surface area contributed by atoms with Gasteiger partial charge >= 0.3 is 35.0 Å². The Morgan fingerprint density at radius 1 is 0.804 bits per heavy atom. The van der Waals surface area contributed by atoms with Crippen LogP contribution in [-0.4, -0.2) is 117 Å². The van der Waals surface area contributed by atoms with Crippen molar-refractivity contribution in [2.75, 3.05) is 34.9 Å². The third-order valence-corrected chi connectivity index (χ3v) is 10.6. The number of nitrogens with zero attached hydrogens (tertiary/aromatic N) is 5. The number of barbiturate groups is 1. The van der Waals surface area contributed by atoms with E-state index in [0.717, 1.165) is 29.9 Å². The topological polar surface area (TPSA) is 226 Å². The predicted octanol–water partition coefficient (Wildman–Crippen LogP) is 0.919. The number of aliphatic hydroxyl groups is 2. The Hall–Kier alpha value is -4.68. The number of aliphatic hydroxyl groups excluding tert-OH is 2. The summed E-state index contributed by atoms with van der Waals surface area (Å²) in [6.07, 6.45) is 5.74. The Labute approximate surface area is 326 Å². The SMILES string of the molecule is C=CCn1c(=O)n(CC(O)CC)c(=O)n(CC(O)CC)c1=O.CCC1(CC)C(=O)N(C)C(=O)N(C)C1=O.COCC(C)OC(=O)C1C2C=CC(C2)C1C(=O)OC. The Kier molecular flexibility index (Phi) is 17.8. The number of fused-ring (bicyclic) bond motifs is 2. The minimum absolute atomic E-state index is 0.0532.